The van der Waals surface area contributed by atoms with Crippen LogP contribution >= 0.6 is 12.6 Å². The van der Waals surface area contributed by atoms with Crippen LogP contribution in [-0.4, -0.2) is 81.7 Å². The number of amides is 3. The minimum absolute atomic E-state index is 0.0343. The molecule has 3 amide bonds. The summed E-state index contributed by atoms with van der Waals surface area (Å²) in [5.41, 5.74) is 16.6. The first-order valence-corrected chi connectivity index (χ1v) is 10.3. The first kappa shape index (κ1) is 26.7. The molecule has 0 aliphatic rings. The van der Waals surface area contributed by atoms with Crippen LogP contribution in [0.2, 0.25) is 0 Å². The normalized spacial score (nSPS) is 13.3. The molecule has 3 atom stereocenters. The smallest absolute Gasteiger partial charge is 0.326 e. The Morgan fingerprint density at radius 3 is 2.47 bits per heavy atom. The standard InChI is InChI=1S/C17H29N9O5S/c18-10(7-32)14(28)23-6-13(27)25-11(2-1-3-22-17(19)20)15(29)26-12(16(30)31)4-9-5-21-8-24-9/h5,8,10-12,32H,1-4,6-7,18H2,(H,21,24)(H,23,28)(H,25,27)(H,26,29)(H,30,31)(H4,19,20,22). The van der Waals surface area contributed by atoms with E-state index in [1.54, 1.807) is 0 Å². The summed E-state index contributed by atoms with van der Waals surface area (Å²) in [5.74, 6) is -3.24. The van der Waals surface area contributed by atoms with E-state index in [0.717, 1.165) is 0 Å². The number of nitrogens with zero attached hydrogens (tertiary/aromatic N) is 2. The number of carbonyl (C=O) groups excluding carboxylic acids is 3. The van der Waals surface area contributed by atoms with Gasteiger partial charge in [0.05, 0.1) is 18.9 Å². The van der Waals surface area contributed by atoms with Gasteiger partial charge < -0.3 is 43.2 Å². The second-order valence-electron chi connectivity index (χ2n) is 6.76. The lowest BCUT2D eigenvalue weighted by Gasteiger charge is -2.21. The van der Waals surface area contributed by atoms with Crippen LogP contribution < -0.4 is 33.2 Å². The molecule has 32 heavy (non-hydrogen) atoms. The maximum Gasteiger partial charge on any atom is 0.326 e. The van der Waals surface area contributed by atoms with Crippen molar-refractivity contribution in [1.82, 2.24) is 25.9 Å². The SMILES string of the molecule is NC(N)=NCCCC(NC(=O)CNC(=O)C(N)CS)C(=O)NC(Cc1cnc[nH]1)C(=O)O. The number of aromatic amines is 1. The Hall–Kier alpha value is -3.33. The number of aromatic nitrogens is 2. The van der Waals surface area contributed by atoms with E-state index in [2.05, 4.69) is 43.5 Å². The Morgan fingerprint density at radius 1 is 1.19 bits per heavy atom. The minimum Gasteiger partial charge on any atom is -0.480 e. The van der Waals surface area contributed by atoms with Crippen LogP contribution in [0.25, 0.3) is 0 Å². The molecule has 1 rings (SSSR count). The Labute approximate surface area is 189 Å². The van der Waals surface area contributed by atoms with Crippen LogP contribution in [0.5, 0.6) is 0 Å². The fraction of sp³-hybridized carbons (Fsp3) is 0.529. The van der Waals surface area contributed by atoms with Crippen LogP contribution in [0.1, 0.15) is 18.5 Å². The molecule has 0 aliphatic heterocycles. The van der Waals surface area contributed by atoms with E-state index in [-0.39, 0.29) is 31.1 Å². The predicted molar refractivity (Wildman–Crippen MR) is 119 cm³/mol. The van der Waals surface area contributed by atoms with E-state index in [4.69, 9.17) is 17.2 Å². The van der Waals surface area contributed by atoms with Gasteiger partial charge in [0.25, 0.3) is 0 Å². The van der Waals surface area contributed by atoms with Crippen LogP contribution in [0, 0.1) is 0 Å². The third-order valence-corrected chi connectivity index (χ3v) is 4.54. The molecule has 0 spiro atoms. The number of nitrogens with two attached hydrogens (primary N) is 3. The number of thiol groups is 1. The van der Waals surface area contributed by atoms with E-state index in [0.29, 0.717) is 12.1 Å². The van der Waals surface area contributed by atoms with Crippen molar-refractivity contribution in [3.05, 3.63) is 18.2 Å². The zero-order chi connectivity index (χ0) is 24.1. The van der Waals surface area contributed by atoms with E-state index in [1.165, 1.54) is 12.5 Å². The number of imidazole rings is 1. The number of guanidine groups is 1. The molecule has 3 unspecified atom stereocenters. The first-order chi connectivity index (χ1) is 15.1. The second-order valence-corrected chi connectivity index (χ2v) is 7.12. The number of nitrogens with one attached hydrogen (secondary N) is 4. The molecule has 1 aromatic rings. The van der Waals surface area contributed by atoms with Gasteiger partial charge in [0, 0.05) is 30.6 Å². The third-order valence-electron chi connectivity index (χ3n) is 4.15. The highest BCUT2D eigenvalue weighted by atomic mass is 32.1. The molecule has 0 fully saturated rings. The number of rotatable bonds is 14. The topological polar surface area (TPSA) is 244 Å². The maximum atomic E-state index is 12.7. The van der Waals surface area contributed by atoms with Gasteiger partial charge in [-0.3, -0.25) is 19.4 Å². The number of H-pyrrole nitrogens is 1. The van der Waals surface area contributed by atoms with Gasteiger partial charge in [-0.1, -0.05) is 0 Å². The molecule has 178 valence electrons. The molecule has 0 radical (unpaired) electrons. The van der Waals surface area contributed by atoms with Crippen molar-refractivity contribution in [3.63, 3.8) is 0 Å². The van der Waals surface area contributed by atoms with Gasteiger partial charge in [-0.05, 0) is 12.8 Å². The largest absolute Gasteiger partial charge is 0.480 e. The van der Waals surface area contributed by atoms with Crippen LogP contribution in [0.4, 0.5) is 0 Å². The summed E-state index contributed by atoms with van der Waals surface area (Å²) in [5, 5.41) is 16.6. The van der Waals surface area contributed by atoms with E-state index < -0.39 is 48.4 Å². The molecular formula is C17H29N9O5S. The number of carbonyl (C=O) groups is 4. The highest BCUT2D eigenvalue weighted by Crippen LogP contribution is 2.03. The van der Waals surface area contributed by atoms with E-state index >= 15 is 0 Å². The lowest BCUT2D eigenvalue weighted by molar-refractivity contribution is -0.142. The van der Waals surface area contributed by atoms with Crippen molar-refractivity contribution in [1.29, 1.82) is 0 Å². The fourth-order valence-electron chi connectivity index (χ4n) is 2.49. The molecular weight excluding hydrogens is 442 g/mol. The number of aliphatic imine (C=N–C) groups is 1. The van der Waals surface area contributed by atoms with Crippen molar-refractivity contribution < 1.29 is 24.3 Å². The van der Waals surface area contributed by atoms with Crippen molar-refractivity contribution in [2.24, 2.45) is 22.2 Å². The minimum atomic E-state index is -1.26. The van der Waals surface area contributed by atoms with Gasteiger partial charge in [0.15, 0.2) is 5.96 Å². The summed E-state index contributed by atoms with van der Waals surface area (Å²) < 4.78 is 0. The van der Waals surface area contributed by atoms with Crippen molar-refractivity contribution in [2.45, 2.75) is 37.4 Å². The lowest BCUT2D eigenvalue weighted by atomic mass is 10.1. The van der Waals surface area contributed by atoms with E-state index in [9.17, 15) is 24.3 Å². The molecule has 0 aromatic carbocycles. The molecule has 1 aromatic heterocycles. The second kappa shape index (κ2) is 13.9. The molecule has 1 heterocycles. The highest BCUT2D eigenvalue weighted by Gasteiger charge is 2.27. The number of aliphatic carboxylic acids is 1. The summed E-state index contributed by atoms with van der Waals surface area (Å²) in [6, 6.07) is -3.23. The third kappa shape index (κ3) is 10.1. The molecule has 0 saturated heterocycles. The zero-order valence-corrected chi connectivity index (χ0v) is 18.2. The predicted octanol–water partition coefficient (Wildman–Crippen LogP) is -3.57. The Kier molecular flexibility index (Phi) is 11.6. The monoisotopic (exact) mass is 471 g/mol. The van der Waals surface area contributed by atoms with Crippen molar-refractivity contribution in [3.8, 4) is 0 Å². The van der Waals surface area contributed by atoms with Gasteiger partial charge in [0.2, 0.25) is 17.7 Å². The van der Waals surface area contributed by atoms with Gasteiger partial charge in [0.1, 0.15) is 12.1 Å². The lowest BCUT2D eigenvalue weighted by Crippen LogP contribution is -2.54. The molecule has 0 bridgehead atoms. The summed E-state index contributed by atoms with van der Waals surface area (Å²) >= 11 is 3.90. The number of hydrogen-bond donors (Lipinski definition) is 9. The van der Waals surface area contributed by atoms with Crippen LogP contribution in [0.3, 0.4) is 0 Å². The van der Waals surface area contributed by atoms with Crippen molar-refractivity contribution >= 4 is 42.3 Å². The fourth-order valence-corrected chi connectivity index (χ4v) is 2.65. The Bertz CT molecular complexity index is 798. The molecule has 0 aliphatic carbocycles. The summed E-state index contributed by atoms with van der Waals surface area (Å²) in [6.07, 6.45) is 3.24. The molecule has 14 nitrogen and oxygen atoms in total. The summed E-state index contributed by atoms with van der Waals surface area (Å²) in [7, 11) is 0. The van der Waals surface area contributed by atoms with Crippen LogP contribution in [-0.2, 0) is 25.6 Å². The van der Waals surface area contributed by atoms with Gasteiger partial charge in [-0.25, -0.2) is 9.78 Å². The number of carboxylic acids is 1. The highest BCUT2D eigenvalue weighted by molar-refractivity contribution is 7.80. The van der Waals surface area contributed by atoms with Gasteiger partial charge >= 0.3 is 5.97 Å². The van der Waals surface area contributed by atoms with Gasteiger partial charge in [-0.2, -0.15) is 12.6 Å². The van der Waals surface area contributed by atoms with E-state index in [1.807, 2.05) is 0 Å². The average molecular weight is 472 g/mol. The Balaban J connectivity index is 2.77. The summed E-state index contributed by atoms with van der Waals surface area (Å²) in [4.78, 5) is 58.6. The number of hydrogen-bond acceptors (Lipinski definition) is 8. The maximum absolute atomic E-state index is 12.7. The Morgan fingerprint density at radius 2 is 1.91 bits per heavy atom. The van der Waals surface area contributed by atoms with Crippen LogP contribution in [0.15, 0.2) is 17.5 Å². The first-order valence-electron chi connectivity index (χ1n) is 9.63. The molecule has 0 saturated carbocycles. The van der Waals surface area contributed by atoms with Crippen molar-refractivity contribution in [2.75, 3.05) is 18.8 Å². The molecule has 15 heteroatoms. The average Bonchev–Trinajstić information content (AvgIpc) is 3.25. The number of carboxylic acid groups (broad SMARTS) is 1. The summed E-state index contributed by atoms with van der Waals surface area (Å²) in [6.45, 7) is -0.222. The quantitative estimate of drug-likeness (QED) is 0.0563. The van der Waals surface area contributed by atoms with Gasteiger partial charge in [-0.15, -0.1) is 0 Å². The zero-order valence-electron chi connectivity index (χ0n) is 17.3. The molecule has 11 N–H and O–H groups in total.